The van der Waals surface area contributed by atoms with Gasteiger partial charge in [0.2, 0.25) is 5.91 Å². The Bertz CT molecular complexity index is 700. The molecule has 2 rings (SSSR count). The zero-order valence-electron chi connectivity index (χ0n) is 13.9. The van der Waals surface area contributed by atoms with Crippen molar-refractivity contribution in [2.24, 2.45) is 5.92 Å². The molecule has 0 radical (unpaired) electrons. The van der Waals surface area contributed by atoms with Crippen molar-refractivity contribution in [1.29, 1.82) is 0 Å². The summed E-state index contributed by atoms with van der Waals surface area (Å²) in [6, 6.07) is 8.00. The van der Waals surface area contributed by atoms with E-state index in [0.29, 0.717) is 23.1 Å². The second-order valence-corrected chi connectivity index (χ2v) is 6.58. The predicted octanol–water partition coefficient (Wildman–Crippen LogP) is 3.47. The summed E-state index contributed by atoms with van der Waals surface area (Å²) in [4.78, 5) is 12.1. The van der Waals surface area contributed by atoms with E-state index in [4.69, 9.17) is 12.2 Å². The molecule has 0 aliphatic carbocycles. The highest BCUT2D eigenvalue weighted by molar-refractivity contribution is 7.71. The van der Waals surface area contributed by atoms with Gasteiger partial charge in [-0.2, -0.15) is 5.10 Å². The third-order valence-electron chi connectivity index (χ3n) is 3.65. The molecule has 6 heteroatoms. The number of nitrogens with zero attached hydrogens (tertiary/aromatic N) is 2. The van der Waals surface area contributed by atoms with Gasteiger partial charge in [-0.1, -0.05) is 43.7 Å². The van der Waals surface area contributed by atoms with Crippen molar-refractivity contribution < 1.29 is 4.79 Å². The average molecular weight is 332 g/mol. The number of carbonyl (C=O) groups is 1. The van der Waals surface area contributed by atoms with Crippen molar-refractivity contribution in [3.05, 3.63) is 34.6 Å². The molecule has 2 aromatic rings. The molecule has 0 saturated carbocycles. The van der Waals surface area contributed by atoms with E-state index >= 15 is 0 Å². The molecule has 23 heavy (non-hydrogen) atoms. The largest absolute Gasteiger partial charge is 0.355 e. The van der Waals surface area contributed by atoms with Crippen molar-refractivity contribution in [2.75, 3.05) is 6.54 Å². The highest BCUT2D eigenvalue weighted by Crippen LogP contribution is 2.17. The highest BCUT2D eigenvalue weighted by Gasteiger charge is 2.12. The number of aryl methyl sites for hydroxylation is 1. The first-order chi connectivity index (χ1) is 11.0. The van der Waals surface area contributed by atoms with Gasteiger partial charge in [-0.05, 0) is 37.9 Å². The van der Waals surface area contributed by atoms with Crippen LogP contribution in [0.2, 0.25) is 0 Å². The summed E-state index contributed by atoms with van der Waals surface area (Å²) in [6.07, 6.45) is 2.10. The molecule has 1 heterocycles. The number of aromatic nitrogens is 3. The van der Waals surface area contributed by atoms with Gasteiger partial charge in [0, 0.05) is 12.1 Å². The molecule has 1 amide bonds. The van der Waals surface area contributed by atoms with Crippen LogP contribution in [0.3, 0.4) is 0 Å². The number of H-pyrrole nitrogens is 1. The van der Waals surface area contributed by atoms with Gasteiger partial charge < -0.3 is 5.32 Å². The standard InChI is InChI=1S/C17H24N4OS/c1-12(2)5-4-10-18-15(22)11-21-16(19-20-17(21)23)14-8-6-13(3)7-9-14/h6-9,12H,4-5,10-11H2,1-3H3,(H,18,22)(H,20,23). The Morgan fingerprint density at radius 1 is 1.35 bits per heavy atom. The third kappa shape index (κ3) is 5.03. The minimum Gasteiger partial charge on any atom is -0.355 e. The molecule has 0 aliphatic heterocycles. The van der Waals surface area contributed by atoms with Crippen molar-refractivity contribution in [1.82, 2.24) is 20.1 Å². The Hall–Kier alpha value is -1.95. The van der Waals surface area contributed by atoms with Gasteiger partial charge in [-0.3, -0.25) is 14.5 Å². The fraction of sp³-hybridized carbons (Fsp3) is 0.471. The summed E-state index contributed by atoms with van der Waals surface area (Å²) in [5.74, 6) is 1.30. The van der Waals surface area contributed by atoms with E-state index in [1.807, 2.05) is 31.2 Å². The van der Waals surface area contributed by atoms with Gasteiger partial charge >= 0.3 is 0 Å². The van der Waals surface area contributed by atoms with Crippen molar-refractivity contribution in [2.45, 2.75) is 40.2 Å². The molecule has 0 spiro atoms. The van der Waals surface area contributed by atoms with Crippen LogP contribution in [0, 0.1) is 17.6 Å². The lowest BCUT2D eigenvalue weighted by molar-refractivity contribution is -0.121. The van der Waals surface area contributed by atoms with Crippen LogP contribution in [-0.4, -0.2) is 27.2 Å². The summed E-state index contributed by atoms with van der Waals surface area (Å²) in [5, 5.41) is 9.97. The number of carbonyl (C=O) groups excluding carboxylic acids is 1. The molecular formula is C17H24N4OS. The number of aromatic amines is 1. The summed E-state index contributed by atoms with van der Waals surface area (Å²) in [5.41, 5.74) is 2.12. The van der Waals surface area contributed by atoms with Gasteiger partial charge in [0.15, 0.2) is 10.6 Å². The second-order valence-electron chi connectivity index (χ2n) is 6.19. The van der Waals surface area contributed by atoms with Gasteiger partial charge in [0.1, 0.15) is 6.54 Å². The summed E-state index contributed by atoms with van der Waals surface area (Å²) < 4.78 is 2.19. The lowest BCUT2D eigenvalue weighted by Gasteiger charge is -2.09. The van der Waals surface area contributed by atoms with Crippen LogP contribution in [0.15, 0.2) is 24.3 Å². The van der Waals surface area contributed by atoms with E-state index < -0.39 is 0 Å². The van der Waals surface area contributed by atoms with Gasteiger partial charge in [-0.25, -0.2) is 0 Å². The summed E-state index contributed by atoms with van der Waals surface area (Å²) in [6.45, 7) is 7.27. The van der Waals surface area contributed by atoms with Crippen LogP contribution in [0.25, 0.3) is 11.4 Å². The lowest BCUT2D eigenvalue weighted by Crippen LogP contribution is -2.29. The number of nitrogens with one attached hydrogen (secondary N) is 2. The molecule has 0 saturated heterocycles. The van der Waals surface area contributed by atoms with E-state index in [2.05, 4.69) is 29.4 Å². The third-order valence-corrected chi connectivity index (χ3v) is 3.96. The smallest absolute Gasteiger partial charge is 0.240 e. The van der Waals surface area contributed by atoms with Crippen molar-refractivity contribution in [3.63, 3.8) is 0 Å². The van der Waals surface area contributed by atoms with E-state index in [9.17, 15) is 4.79 Å². The van der Waals surface area contributed by atoms with Gasteiger partial charge in [0.05, 0.1) is 0 Å². The number of hydrogen-bond donors (Lipinski definition) is 2. The Morgan fingerprint density at radius 3 is 2.70 bits per heavy atom. The zero-order chi connectivity index (χ0) is 16.8. The maximum atomic E-state index is 12.1. The summed E-state index contributed by atoms with van der Waals surface area (Å²) >= 11 is 5.25. The maximum absolute atomic E-state index is 12.1. The molecule has 0 fully saturated rings. The van der Waals surface area contributed by atoms with Crippen LogP contribution < -0.4 is 5.32 Å². The van der Waals surface area contributed by atoms with E-state index in [1.54, 1.807) is 4.57 Å². The molecule has 0 atom stereocenters. The Labute approximate surface area is 142 Å². The number of rotatable bonds is 7. The van der Waals surface area contributed by atoms with Crippen LogP contribution in [0.5, 0.6) is 0 Å². The van der Waals surface area contributed by atoms with Gasteiger partial charge in [0.25, 0.3) is 0 Å². The Kier molecular flexibility index (Phi) is 6.10. The predicted molar refractivity (Wildman–Crippen MR) is 94.7 cm³/mol. The second kappa shape index (κ2) is 8.06. The molecule has 1 aromatic heterocycles. The van der Waals surface area contributed by atoms with E-state index in [0.717, 1.165) is 18.4 Å². The zero-order valence-corrected chi connectivity index (χ0v) is 14.7. The van der Waals surface area contributed by atoms with Crippen LogP contribution in [-0.2, 0) is 11.3 Å². The molecule has 0 bridgehead atoms. The first kappa shape index (κ1) is 17.4. The quantitative estimate of drug-likeness (QED) is 0.603. The Balaban J connectivity index is 2.03. The minimum absolute atomic E-state index is 0.0420. The SMILES string of the molecule is Cc1ccc(-c2n[nH]c(=S)n2CC(=O)NCCCC(C)C)cc1. The summed E-state index contributed by atoms with van der Waals surface area (Å²) in [7, 11) is 0. The van der Waals surface area contributed by atoms with E-state index in [-0.39, 0.29) is 12.5 Å². The minimum atomic E-state index is -0.0420. The number of hydrogen-bond acceptors (Lipinski definition) is 3. The van der Waals surface area contributed by atoms with Crippen LogP contribution >= 0.6 is 12.2 Å². The normalized spacial score (nSPS) is 11.0. The molecule has 5 nitrogen and oxygen atoms in total. The number of amides is 1. The van der Waals surface area contributed by atoms with Crippen LogP contribution in [0.1, 0.15) is 32.3 Å². The fourth-order valence-electron chi connectivity index (χ4n) is 2.33. The van der Waals surface area contributed by atoms with Crippen molar-refractivity contribution in [3.8, 4) is 11.4 Å². The first-order valence-electron chi connectivity index (χ1n) is 7.96. The maximum Gasteiger partial charge on any atom is 0.240 e. The highest BCUT2D eigenvalue weighted by atomic mass is 32.1. The molecule has 1 aromatic carbocycles. The van der Waals surface area contributed by atoms with Crippen molar-refractivity contribution >= 4 is 18.1 Å². The monoisotopic (exact) mass is 332 g/mol. The topological polar surface area (TPSA) is 62.7 Å². The van der Waals surface area contributed by atoms with Gasteiger partial charge in [-0.15, -0.1) is 0 Å². The van der Waals surface area contributed by atoms with E-state index in [1.165, 1.54) is 5.56 Å². The lowest BCUT2D eigenvalue weighted by atomic mass is 10.1. The average Bonchev–Trinajstić information content (AvgIpc) is 2.86. The molecule has 0 aliphatic rings. The molecular weight excluding hydrogens is 308 g/mol. The molecule has 124 valence electrons. The molecule has 0 unspecified atom stereocenters. The number of benzene rings is 1. The first-order valence-corrected chi connectivity index (χ1v) is 8.37. The molecule has 2 N–H and O–H groups in total. The Morgan fingerprint density at radius 2 is 2.04 bits per heavy atom. The fourth-order valence-corrected chi connectivity index (χ4v) is 2.52. The van der Waals surface area contributed by atoms with Crippen LogP contribution in [0.4, 0.5) is 0 Å².